The minimum absolute atomic E-state index is 0.109. The molecular formula is C15H13BrClNO2. The minimum Gasteiger partial charge on any atom is -0.507 e. The zero-order chi connectivity index (χ0) is 14.7. The van der Waals surface area contributed by atoms with Crippen molar-refractivity contribution in [3.8, 4) is 5.75 Å². The Labute approximate surface area is 130 Å². The molecule has 0 aliphatic carbocycles. The second kappa shape index (κ2) is 6.29. The van der Waals surface area contributed by atoms with Crippen molar-refractivity contribution in [2.75, 3.05) is 5.32 Å². The van der Waals surface area contributed by atoms with Crippen LogP contribution >= 0.6 is 27.5 Å². The van der Waals surface area contributed by atoms with Gasteiger partial charge in [-0.05, 0) is 36.8 Å². The van der Waals surface area contributed by atoms with E-state index >= 15 is 0 Å². The van der Waals surface area contributed by atoms with E-state index in [2.05, 4.69) is 21.2 Å². The van der Waals surface area contributed by atoms with Gasteiger partial charge in [0.2, 0.25) is 0 Å². The highest BCUT2D eigenvalue weighted by molar-refractivity contribution is 9.09. The number of amides is 1. The summed E-state index contributed by atoms with van der Waals surface area (Å²) in [5.74, 6) is -0.515. The van der Waals surface area contributed by atoms with Crippen molar-refractivity contribution in [2.45, 2.75) is 11.8 Å². The number of phenols is 1. The Morgan fingerprint density at radius 2 is 2.00 bits per heavy atom. The van der Waals surface area contributed by atoms with Gasteiger partial charge in [0.25, 0.3) is 5.91 Å². The van der Waals surface area contributed by atoms with Crippen molar-refractivity contribution in [3.05, 3.63) is 58.6 Å². The lowest BCUT2D eigenvalue weighted by Crippen LogP contribution is -2.13. The maximum absolute atomic E-state index is 12.2. The van der Waals surface area contributed by atoms with Crippen molar-refractivity contribution in [1.82, 2.24) is 0 Å². The maximum atomic E-state index is 12.2. The van der Waals surface area contributed by atoms with E-state index in [1.807, 2.05) is 31.2 Å². The minimum atomic E-state index is -0.375. The molecule has 20 heavy (non-hydrogen) atoms. The fourth-order valence-corrected chi connectivity index (χ4v) is 2.41. The molecule has 0 aliphatic heterocycles. The van der Waals surface area contributed by atoms with Gasteiger partial charge >= 0.3 is 0 Å². The van der Waals surface area contributed by atoms with Crippen molar-refractivity contribution < 1.29 is 9.90 Å². The van der Waals surface area contributed by atoms with Crippen LogP contribution in [0.1, 0.15) is 27.7 Å². The lowest BCUT2D eigenvalue weighted by atomic mass is 10.1. The number of nitrogens with one attached hydrogen (secondary N) is 1. The van der Waals surface area contributed by atoms with Gasteiger partial charge in [-0.2, -0.15) is 0 Å². The lowest BCUT2D eigenvalue weighted by Gasteiger charge is -2.13. The third-order valence-electron chi connectivity index (χ3n) is 2.84. The Hall–Kier alpha value is -1.52. The highest BCUT2D eigenvalue weighted by Crippen LogP contribution is 2.30. The Bertz CT molecular complexity index is 644. The van der Waals surface area contributed by atoms with Crippen LogP contribution in [-0.4, -0.2) is 11.0 Å². The third-order valence-corrected chi connectivity index (χ3v) is 3.57. The van der Waals surface area contributed by atoms with E-state index in [0.717, 1.165) is 5.56 Å². The van der Waals surface area contributed by atoms with E-state index < -0.39 is 0 Å². The van der Waals surface area contributed by atoms with E-state index in [4.69, 9.17) is 11.6 Å². The first-order valence-electron chi connectivity index (χ1n) is 6.02. The van der Waals surface area contributed by atoms with Crippen molar-refractivity contribution in [3.63, 3.8) is 0 Å². The number of phenolic OH excluding ortho intramolecular Hbond substituents is 1. The van der Waals surface area contributed by atoms with Gasteiger partial charge < -0.3 is 10.4 Å². The van der Waals surface area contributed by atoms with Gasteiger partial charge in [-0.1, -0.05) is 45.7 Å². The first-order chi connectivity index (χ1) is 9.49. The summed E-state index contributed by atoms with van der Waals surface area (Å²) in [6, 6.07) is 11.9. The molecule has 0 heterocycles. The molecule has 2 rings (SSSR count). The molecule has 1 unspecified atom stereocenters. The second-order valence-corrected chi connectivity index (χ2v) is 6.13. The van der Waals surface area contributed by atoms with Gasteiger partial charge in [0.1, 0.15) is 5.75 Å². The summed E-state index contributed by atoms with van der Waals surface area (Å²) in [6.45, 7) is 1.98. The van der Waals surface area contributed by atoms with Gasteiger partial charge in [-0.15, -0.1) is 0 Å². The lowest BCUT2D eigenvalue weighted by molar-refractivity contribution is 0.102. The average molecular weight is 355 g/mol. The Morgan fingerprint density at radius 1 is 1.30 bits per heavy atom. The van der Waals surface area contributed by atoms with Crippen LogP contribution in [0.15, 0.2) is 42.5 Å². The molecule has 1 amide bonds. The largest absolute Gasteiger partial charge is 0.507 e. The molecule has 0 aromatic heterocycles. The van der Waals surface area contributed by atoms with Gasteiger partial charge in [-0.25, -0.2) is 0 Å². The number of alkyl halides is 1. The number of benzene rings is 2. The van der Waals surface area contributed by atoms with Crippen LogP contribution in [0.4, 0.5) is 5.69 Å². The molecule has 2 N–H and O–H groups in total. The molecule has 104 valence electrons. The monoisotopic (exact) mass is 353 g/mol. The standard InChI is InChI=1S/C15H13BrClNO2/c1-9(16)11-4-2-3-5-13(11)18-15(20)12-7-6-10(17)8-14(12)19/h2-9,19H,1H3,(H,18,20). The van der Waals surface area contributed by atoms with Gasteiger partial charge in [-0.3, -0.25) is 4.79 Å². The van der Waals surface area contributed by atoms with E-state index in [1.54, 1.807) is 6.07 Å². The predicted octanol–water partition coefficient (Wildman–Crippen LogP) is 4.75. The molecule has 2 aromatic carbocycles. The molecule has 0 fully saturated rings. The number of halogens is 2. The zero-order valence-corrected chi connectivity index (χ0v) is 13.1. The number of rotatable bonds is 3. The SMILES string of the molecule is CC(Br)c1ccccc1NC(=O)c1ccc(Cl)cc1O. The number of anilines is 1. The van der Waals surface area contributed by atoms with Crippen LogP contribution in [0.3, 0.4) is 0 Å². The predicted molar refractivity (Wildman–Crippen MR) is 84.9 cm³/mol. The Morgan fingerprint density at radius 3 is 2.65 bits per heavy atom. The summed E-state index contributed by atoms with van der Waals surface area (Å²) < 4.78 is 0. The smallest absolute Gasteiger partial charge is 0.259 e. The summed E-state index contributed by atoms with van der Waals surface area (Å²) in [5.41, 5.74) is 1.86. The molecule has 0 saturated heterocycles. The van der Waals surface area contributed by atoms with Crippen molar-refractivity contribution in [1.29, 1.82) is 0 Å². The second-order valence-electron chi connectivity index (χ2n) is 4.32. The highest BCUT2D eigenvalue weighted by atomic mass is 79.9. The van der Waals surface area contributed by atoms with E-state index in [1.165, 1.54) is 12.1 Å². The van der Waals surface area contributed by atoms with Crippen LogP contribution < -0.4 is 5.32 Å². The summed E-state index contributed by atoms with van der Waals surface area (Å²) in [4.78, 5) is 12.3. The number of para-hydroxylation sites is 1. The van der Waals surface area contributed by atoms with Crippen LogP contribution in [0.2, 0.25) is 5.02 Å². The number of carbonyl (C=O) groups is 1. The first-order valence-corrected chi connectivity index (χ1v) is 7.31. The molecule has 0 radical (unpaired) electrons. The van der Waals surface area contributed by atoms with Gasteiger partial charge in [0.15, 0.2) is 0 Å². The molecule has 2 aromatic rings. The summed E-state index contributed by atoms with van der Waals surface area (Å²) in [6.07, 6.45) is 0. The quantitative estimate of drug-likeness (QED) is 0.781. The van der Waals surface area contributed by atoms with Crippen molar-refractivity contribution in [2.24, 2.45) is 0 Å². The fourth-order valence-electron chi connectivity index (χ4n) is 1.84. The summed E-state index contributed by atoms with van der Waals surface area (Å²) >= 11 is 9.24. The molecule has 0 spiro atoms. The van der Waals surface area contributed by atoms with Crippen molar-refractivity contribution >= 4 is 39.1 Å². The molecule has 0 saturated carbocycles. The van der Waals surface area contributed by atoms with E-state index in [0.29, 0.717) is 10.7 Å². The normalized spacial score (nSPS) is 11.9. The molecule has 5 heteroatoms. The number of carbonyl (C=O) groups excluding carboxylic acids is 1. The van der Waals surface area contributed by atoms with Crippen LogP contribution in [0.25, 0.3) is 0 Å². The fraction of sp³-hybridized carbons (Fsp3) is 0.133. The van der Waals surface area contributed by atoms with Crippen LogP contribution in [-0.2, 0) is 0 Å². The summed E-state index contributed by atoms with van der Waals surface area (Å²) in [5, 5.41) is 12.9. The molecule has 3 nitrogen and oxygen atoms in total. The first kappa shape index (κ1) is 14.9. The third kappa shape index (κ3) is 3.32. The van der Waals surface area contributed by atoms with E-state index in [-0.39, 0.29) is 22.0 Å². The Balaban J connectivity index is 2.28. The number of aromatic hydroxyl groups is 1. The molecule has 1 atom stereocenters. The van der Waals surface area contributed by atoms with E-state index in [9.17, 15) is 9.90 Å². The Kier molecular flexibility index (Phi) is 4.68. The average Bonchev–Trinajstić information content (AvgIpc) is 2.38. The van der Waals surface area contributed by atoms with Gasteiger partial charge in [0, 0.05) is 15.5 Å². The molecule has 0 aliphatic rings. The van der Waals surface area contributed by atoms with Crippen LogP contribution in [0.5, 0.6) is 5.75 Å². The summed E-state index contributed by atoms with van der Waals surface area (Å²) in [7, 11) is 0. The number of hydrogen-bond acceptors (Lipinski definition) is 2. The van der Waals surface area contributed by atoms with Crippen LogP contribution in [0, 0.1) is 0 Å². The zero-order valence-electron chi connectivity index (χ0n) is 10.7. The molecular weight excluding hydrogens is 342 g/mol. The molecule has 0 bridgehead atoms. The van der Waals surface area contributed by atoms with Gasteiger partial charge in [0.05, 0.1) is 5.56 Å². The topological polar surface area (TPSA) is 49.3 Å². The highest BCUT2D eigenvalue weighted by Gasteiger charge is 2.14. The maximum Gasteiger partial charge on any atom is 0.259 e. The number of hydrogen-bond donors (Lipinski definition) is 2.